The predicted molar refractivity (Wildman–Crippen MR) is 62.8 cm³/mol. The molecule has 86 valence electrons. The first-order valence-electron chi connectivity index (χ1n) is 5.36. The van der Waals surface area contributed by atoms with Gasteiger partial charge in [-0.3, -0.25) is 5.84 Å². The number of amides is 2. The molecule has 2 rings (SSSR count). The number of carbonyl (C=O) groups excluding carboxylic acids is 1. The highest BCUT2D eigenvalue weighted by Gasteiger charge is 2.18. The van der Waals surface area contributed by atoms with E-state index >= 15 is 0 Å². The van der Waals surface area contributed by atoms with Crippen LogP contribution in [0.1, 0.15) is 0 Å². The van der Waals surface area contributed by atoms with Gasteiger partial charge in [-0.2, -0.15) is 0 Å². The van der Waals surface area contributed by atoms with Crippen LogP contribution in [0.4, 0.5) is 10.5 Å². The Morgan fingerprint density at radius 1 is 1.12 bits per heavy atom. The number of urea groups is 1. The largest absolute Gasteiger partial charge is 0.322 e. The maximum absolute atomic E-state index is 11.8. The summed E-state index contributed by atoms with van der Waals surface area (Å²) in [4.78, 5) is 13.6. The molecule has 0 bridgehead atoms. The molecular formula is C11H16N4O. The SMILES string of the molecule is NN1CCN(C(=O)Nc2ccccc2)CC1. The van der Waals surface area contributed by atoms with Crippen molar-refractivity contribution in [3.8, 4) is 0 Å². The highest BCUT2D eigenvalue weighted by Crippen LogP contribution is 2.07. The van der Waals surface area contributed by atoms with Crippen molar-refractivity contribution < 1.29 is 4.79 Å². The Morgan fingerprint density at radius 3 is 2.38 bits per heavy atom. The lowest BCUT2D eigenvalue weighted by atomic mass is 10.3. The summed E-state index contributed by atoms with van der Waals surface area (Å²) in [7, 11) is 0. The molecule has 1 aliphatic rings. The molecule has 1 aromatic carbocycles. The lowest BCUT2D eigenvalue weighted by Crippen LogP contribution is -2.52. The maximum Gasteiger partial charge on any atom is 0.321 e. The summed E-state index contributed by atoms with van der Waals surface area (Å²) in [5.74, 6) is 5.62. The fraction of sp³-hybridized carbons (Fsp3) is 0.364. The van der Waals surface area contributed by atoms with Crippen LogP contribution in [0.2, 0.25) is 0 Å². The number of nitrogens with one attached hydrogen (secondary N) is 1. The van der Waals surface area contributed by atoms with Crippen molar-refractivity contribution >= 4 is 11.7 Å². The molecule has 2 amide bonds. The van der Waals surface area contributed by atoms with Crippen molar-refractivity contribution in [2.45, 2.75) is 0 Å². The number of carbonyl (C=O) groups is 1. The molecule has 0 atom stereocenters. The zero-order chi connectivity index (χ0) is 11.4. The lowest BCUT2D eigenvalue weighted by Gasteiger charge is -2.31. The number of hydrogen-bond donors (Lipinski definition) is 2. The molecule has 0 aromatic heterocycles. The molecule has 0 spiro atoms. The second kappa shape index (κ2) is 4.96. The van der Waals surface area contributed by atoms with Gasteiger partial charge in [0.2, 0.25) is 0 Å². The van der Waals surface area contributed by atoms with Gasteiger partial charge in [0.25, 0.3) is 0 Å². The van der Waals surface area contributed by atoms with Crippen LogP contribution in [-0.4, -0.2) is 42.1 Å². The second-order valence-corrected chi connectivity index (χ2v) is 3.82. The van der Waals surface area contributed by atoms with E-state index in [2.05, 4.69) is 5.32 Å². The van der Waals surface area contributed by atoms with Gasteiger partial charge in [0.15, 0.2) is 0 Å². The lowest BCUT2D eigenvalue weighted by molar-refractivity contribution is 0.149. The fourth-order valence-electron chi connectivity index (χ4n) is 1.65. The molecule has 1 fully saturated rings. The van der Waals surface area contributed by atoms with Crippen LogP contribution in [0.15, 0.2) is 30.3 Å². The number of hydrazine groups is 1. The summed E-state index contributed by atoms with van der Waals surface area (Å²) in [6, 6.07) is 9.40. The maximum atomic E-state index is 11.8. The van der Waals surface area contributed by atoms with Gasteiger partial charge in [-0.15, -0.1) is 0 Å². The minimum Gasteiger partial charge on any atom is -0.322 e. The van der Waals surface area contributed by atoms with E-state index in [1.54, 1.807) is 9.91 Å². The van der Waals surface area contributed by atoms with Crippen molar-refractivity contribution in [1.82, 2.24) is 9.91 Å². The minimum atomic E-state index is -0.0562. The Balaban J connectivity index is 1.89. The molecule has 0 unspecified atom stereocenters. The Morgan fingerprint density at radius 2 is 1.75 bits per heavy atom. The summed E-state index contributed by atoms with van der Waals surface area (Å²) in [6.45, 7) is 2.80. The van der Waals surface area contributed by atoms with Gasteiger partial charge >= 0.3 is 6.03 Å². The molecule has 0 aliphatic carbocycles. The number of rotatable bonds is 1. The predicted octanol–water partition coefficient (Wildman–Crippen LogP) is 0.710. The van der Waals surface area contributed by atoms with Crippen molar-refractivity contribution in [3.05, 3.63) is 30.3 Å². The quantitative estimate of drug-likeness (QED) is 0.685. The first kappa shape index (κ1) is 10.9. The van der Waals surface area contributed by atoms with E-state index in [4.69, 9.17) is 5.84 Å². The standard InChI is InChI=1S/C11H16N4O/c12-15-8-6-14(7-9-15)11(16)13-10-4-2-1-3-5-10/h1-5H,6-9,12H2,(H,13,16). The molecule has 16 heavy (non-hydrogen) atoms. The van der Waals surface area contributed by atoms with Gasteiger partial charge in [-0.05, 0) is 12.1 Å². The molecule has 0 radical (unpaired) electrons. The van der Waals surface area contributed by atoms with Crippen molar-refractivity contribution in [2.24, 2.45) is 5.84 Å². The van der Waals surface area contributed by atoms with Gasteiger partial charge in [0, 0.05) is 31.9 Å². The van der Waals surface area contributed by atoms with E-state index in [1.807, 2.05) is 30.3 Å². The highest BCUT2D eigenvalue weighted by molar-refractivity contribution is 5.89. The third kappa shape index (κ3) is 2.71. The molecule has 1 heterocycles. The number of benzene rings is 1. The smallest absolute Gasteiger partial charge is 0.321 e. The Kier molecular flexibility index (Phi) is 3.38. The molecule has 1 aliphatic heterocycles. The molecule has 5 nitrogen and oxygen atoms in total. The average Bonchev–Trinajstić information content (AvgIpc) is 2.31. The summed E-state index contributed by atoms with van der Waals surface area (Å²) in [5.41, 5.74) is 0.822. The summed E-state index contributed by atoms with van der Waals surface area (Å²) in [5, 5.41) is 4.58. The van der Waals surface area contributed by atoms with Crippen LogP contribution in [0.3, 0.4) is 0 Å². The first-order valence-corrected chi connectivity index (χ1v) is 5.36. The monoisotopic (exact) mass is 220 g/mol. The highest BCUT2D eigenvalue weighted by atomic mass is 16.2. The Bertz CT molecular complexity index is 346. The number of anilines is 1. The van der Waals surface area contributed by atoms with Crippen molar-refractivity contribution in [2.75, 3.05) is 31.5 Å². The zero-order valence-corrected chi connectivity index (χ0v) is 9.10. The number of nitrogens with two attached hydrogens (primary N) is 1. The number of hydrogen-bond acceptors (Lipinski definition) is 3. The minimum absolute atomic E-state index is 0.0562. The van der Waals surface area contributed by atoms with E-state index in [1.165, 1.54) is 0 Å². The normalized spacial score (nSPS) is 17.2. The fourth-order valence-corrected chi connectivity index (χ4v) is 1.65. The van der Waals surface area contributed by atoms with Crippen molar-refractivity contribution in [3.63, 3.8) is 0 Å². The van der Waals surface area contributed by atoms with E-state index in [-0.39, 0.29) is 6.03 Å². The third-order valence-electron chi connectivity index (χ3n) is 2.63. The second-order valence-electron chi connectivity index (χ2n) is 3.82. The van der Waals surface area contributed by atoms with Gasteiger partial charge in [0.05, 0.1) is 0 Å². The molecule has 1 aromatic rings. The van der Waals surface area contributed by atoms with Gasteiger partial charge < -0.3 is 10.2 Å². The first-order chi connectivity index (χ1) is 7.75. The van der Waals surface area contributed by atoms with Crippen LogP contribution < -0.4 is 11.2 Å². The number of para-hydroxylation sites is 1. The Hall–Kier alpha value is -1.59. The zero-order valence-electron chi connectivity index (χ0n) is 9.10. The van der Waals surface area contributed by atoms with Crippen LogP contribution in [-0.2, 0) is 0 Å². The number of piperazine rings is 1. The van der Waals surface area contributed by atoms with Crippen LogP contribution in [0, 0.1) is 0 Å². The average molecular weight is 220 g/mol. The molecule has 0 saturated carbocycles. The van der Waals surface area contributed by atoms with Crippen LogP contribution in [0.5, 0.6) is 0 Å². The van der Waals surface area contributed by atoms with Crippen LogP contribution >= 0.6 is 0 Å². The summed E-state index contributed by atoms with van der Waals surface area (Å²) in [6.07, 6.45) is 0. The molecule has 3 N–H and O–H groups in total. The van der Waals surface area contributed by atoms with Gasteiger partial charge in [0.1, 0.15) is 0 Å². The van der Waals surface area contributed by atoms with E-state index in [0.29, 0.717) is 13.1 Å². The number of nitrogens with zero attached hydrogens (tertiary/aromatic N) is 2. The topological polar surface area (TPSA) is 61.6 Å². The molecule has 1 saturated heterocycles. The Labute approximate surface area is 94.8 Å². The molecule has 5 heteroatoms. The van der Waals surface area contributed by atoms with E-state index < -0.39 is 0 Å². The van der Waals surface area contributed by atoms with Crippen LogP contribution in [0.25, 0.3) is 0 Å². The van der Waals surface area contributed by atoms with Crippen molar-refractivity contribution in [1.29, 1.82) is 0 Å². The molecular weight excluding hydrogens is 204 g/mol. The van der Waals surface area contributed by atoms with E-state index in [0.717, 1.165) is 18.8 Å². The summed E-state index contributed by atoms with van der Waals surface area (Å²) < 4.78 is 0. The summed E-state index contributed by atoms with van der Waals surface area (Å²) >= 11 is 0. The van der Waals surface area contributed by atoms with Gasteiger partial charge in [-0.1, -0.05) is 18.2 Å². The van der Waals surface area contributed by atoms with E-state index in [9.17, 15) is 4.79 Å². The van der Waals surface area contributed by atoms with Gasteiger partial charge in [-0.25, -0.2) is 9.80 Å². The third-order valence-corrected chi connectivity index (χ3v) is 2.63.